The molecule has 5 heteroatoms. The van der Waals surface area contributed by atoms with E-state index in [9.17, 15) is 0 Å². The van der Waals surface area contributed by atoms with Crippen LogP contribution in [0.3, 0.4) is 0 Å². The molecule has 1 atom stereocenters. The van der Waals surface area contributed by atoms with Gasteiger partial charge in [-0.2, -0.15) is 11.8 Å². The number of aryl methyl sites for hydroxylation is 1. The molecule has 108 valence electrons. The molecule has 1 unspecified atom stereocenters. The van der Waals surface area contributed by atoms with Gasteiger partial charge < -0.3 is 9.73 Å². The van der Waals surface area contributed by atoms with E-state index in [0.717, 1.165) is 30.7 Å². The van der Waals surface area contributed by atoms with Crippen LogP contribution in [0.5, 0.6) is 0 Å². The Kier molecular flexibility index (Phi) is 6.08. The van der Waals surface area contributed by atoms with E-state index in [0.29, 0.717) is 11.8 Å². The van der Waals surface area contributed by atoms with E-state index < -0.39 is 0 Å². The topological polar surface area (TPSA) is 51.0 Å². The van der Waals surface area contributed by atoms with Crippen molar-refractivity contribution in [2.75, 3.05) is 18.6 Å². The molecule has 2 rings (SSSR count). The molecule has 1 heterocycles. The average molecular weight is 291 g/mol. The number of benzene rings is 1. The Balaban J connectivity index is 2.16. The van der Waals surface area contributed by atoms with Crippen molar-refractivity contribution in [1.29, 1.82) is 0 Å². The first kappa shape index (κ1) is 15.1. The van der Waals surface area contributed by atoms with Gasteiger partial charge in [-0.15, -0.1) is 10.2 Å². The number of nitrogens with zero attached hydrogens (tertiary/aromatic N) is 2. The van der Waals surface area contributed by atoms with Gasteiger partial charge in [-0.05, 0) is 24.8 Å². The summed E-state index contributed by atoms with van der Waals surface area (Å²) in [4.78, 5) is 0. The number of hydrogen-bond acceptors (Lipinski definition) is 5. The summed E-state index contributed by atoms with van der Waals surface area (Å²) in [7, 11) is 0. The zero-order valence-corrected chi connectivity index (χ0v) is 12.8. The van der Waals surface area contributed by atoms with Crippen molar-refractivity contribution in [3.05, 3.63) is 47.7 Å². The fourth-order valence-corrected chi connectivity index (χ4v) is 2.33. The molecular weight excluding hydrogens is 270 g/mol. The SMILES string of the molecule is CCCNC(c1ccccc1)c1nnc(CCSC)o1. The Hall–Kier alpha value is -1.33. The third-order valence-electron chi connectivity index (χ3n) is 2.98. The van der Waals surface area contributed by atoms with Gasteiger partial charge in [-0.1, -0.05) is 37.3 Å². The number of thioether (sulfide) groups is 1. The molecule has 20 heavy (non-hydrogen) atoms. The molecule has 0 spiro atoms. The Labute approximate surface area is 124 Å². The summed E-state index contributed by atoms with van der Waals surface area (Å²) in [5, 5.41) is 11.8. The highest BCUT2D eigenvalue weighted by molar-refractivity contribution is 7.98. The van der Waals surface area contributed by atoms with E-state index >= 15 is 0 Å². The van der Waals surface area contributed by atoms with Crippen molar-refractivity contribution in [2.45, 2.75) is 25.8 Å². The molecule has 0 saturated heterocycles. The van der Waals surface area contributed by atoms with Gasteiger partial charge in [0, 0.05) is 12.2 Å². The highest BCUT2D eigenvalue weighted by Crippen LogP contribution is 2.21. The van der Waals surface area contributed by atoms with Crippen LogP contribution in [-0.2, 0) is 6.42 Å². The van der Waals surface area contributed by atoms with E-state index in [4.69, 9.17) is 4.42 Å². The van der Waals surface area contributed by atoms with Gasteiger partial charge in [0.25, 0.3) is 0 Å². The van der Waals surface area contributed by atoms with Gasteiger partial charge >= 0.3 is 0 Å². The predicted octanol–water partition coefficient (Wildman–Crippen LogP) is 3.06. The quantitative estimate of drug-likeness (QED) is 0.810. The normalized spacial score (nSPS) is 12.5. The van der Waals surface area contributed by atoms with E-state index in [1.165, 1.54) is 0 Å². The molecule has 0 radical (unpaired) electrons. The molecule has 0 aliphatic heterocycles. The predicted molar refractivity (Wildman–Crippen MR) is 83.0 cm³/mol. The van der Waals surface area contributed by atoms with Crippen LogP contribution in [0.25, 0.3) is 0 Å². The van der Waals surface area contributed by atoms with E-state index in [1.807, 2.05) is 18.2 Å². The first-order valence-electron chi connectivity index (χ1n) is 6.94. The smallest absolute Gasteiger partial charge is 0.237 e. The van der Waals surface area contributed by atoms with Crippen molar-refractivity contribution < 1.29 is 4.42 Å². The summed E-state index contributed by atoms with van der Waals surface area (Å²) in [5.74, 6) is 2.37. The maximum absolute atomic E-state index is 5.80. The van der Waals surface area contributed by atoms with Crippen LogP contribution in [0.2, 0.25) is 0 Å². The van der Waals surface area contributed by atoms with Crippen molar-refractivity contribution in [3.8, 4) is 0 Å². The van der Waals surface area contributed by atoms with Gasteiger partial charge in [-0.3, -0.25) is 0 Å². The van der Waals surface area contributed by atoms with Crippen LogP contribution in [-0.4, -0.2) is 28.8 Å². The third-order valence-corrected chi connectivity index (χ3v) is 3.59. The van der Waals surface area contributed by atoms with Crippen molar-refractivity contribution in [1.82, 2.24) is 15.5 Å². The summed E-state index contributed by atoms with van der Waals surface area (Å²) in [6, 6.07) is 10.2. The molecule has 0 amide bonds. The molecule has 0 fully saturated rings. The monoisotopic (exact) mass is 291 g/mol. The first-order chi connectivity index (χ1) is 9.85. The molecular formula is C15H21N3OS. The highest BCUT2D eigenvalue weighted by atomic mass is 32.2. The standard InChI is InChI=1S/C15H21N3OS/c1-3-10-16-14(12-7-5-4-6-8-12)15-18-17-13(19-15)9-11-20-2/h4-8,14,16H,3,9-11H2,1-2H3. The largest absolute Gasteiger partial charge is 0.423 e. The van der Waals surface area contributed by atoms with Crippen LogP contribution in [0.1, 0.15) is 36.7 Å². The maximum atomic E-state index is 5.80. The average Bonchev–Trinajstić information content (AvgIpc) is 2.95. The van der Waals surface area contributed by atoms with E-state index in [1.54, 1.807) is 11.8 Å². The molecule has 0 saturated carbocycles. The van der Waals surface area contributed by atoms with Crippen LogP contribution >= 0.6 is 11.8 Å². The molecule has 1 N–H and O–H groups in total. The zero-order valence-electron chi connectivity index (χ0n) is 12.0. The second-order valence-electron chi connectivity index (χ2n) is 4.57. The van der Waals surface area contributed by atoms with E-state index in [2.05, 4.69) is 40.8 Å². The van der Waals surface area contributed by atoms with Crippen molar-refractivity contribution in [2.24, 2.45) is 0 Å². The Morgan fingerprint density at radius 3 is 2.75 bits per heavy atom. The highest BCUT2D eigenvalue weighted by Gasteiger charge is 2.19. The fourth-order valence-electron chi connectivity index (χ4n) is 1.96. The van der Waals surface area contributed by atoms with Crippen LogP contribution < -0.4 is 5.32 Å². The van der Waals surface area contributed by atoms with E-state index in [-0.39, 0.29) is 6.04 Å². The van der Waals surface area contributed by atoms with Crippen molar-refractivity contribution >= 4 is 11.8 Å². The Morgan fingerprint density at radius 2 is 2.05 bits per heavy atom. The van der Waals surface area contributed by atoms with Gasteiger partial charge in [0.1, 0.15) is 6.04 Å². The second-order valence-corrected chi connectivity index (χ2v) is 5.56. The minimum absolute atomic E-state index is 0.0216. The van der Waals surface area contributed by atoms with Gasteiger partial charge in [0.2, 0.25) is 11.8 Å². The van der Waals surface area contributed by atoms with Crippen LogP contribution in [0, 0.1) is 0 Å². The van der Waals surface area contributed by atoms with Gasteiger partial charge in [0.05, 0.1) is 0 Å². The second kappa shape index (κ2) is 8.07. The number of aromatic nitrogens is 2. The number of rotatable bonds is 8. The minimum Gasteiger partial charge on any atom is -0.423 e. The lowest BCUT2D eigenvalue weighted by molar-refractivity contribution is 0.408. The molecule has 0 aliphatic rings. The minimum atomic E-state index is -0.0216. The first-order valence-corrected chi connectivity index (χ1v) is 8.34. The molecule has 2 aromatic rings. The van der Waals surface area contributed by atoms with Gasteiger partial charge in [0.15, 0.2) is 0 Å². The maximum Gasteiger partial charge on any atom is 0.237 e. The Bertz CT molecular complexity index is 501. The summed E-state index contributed by atoms with van der Waals surface area (Å²) in [5.41, 5.74) is 1.15. The summed E-state index contributed by atoms with van der Waals surface area (Å²) >= 11 is 1.78. The summed E-state index contributed by atoms with van der Waals surface area (Å²) < 4.78 is 5.80. The molecule has 4 nitrogen and oxygen atoms in total. The van der Waals surface area contributed by atoms with Gasteiger partial charge in [-0.25, -0.2) is 0 Å². The number of hydrogen-bond donors (Lipinski definition) is 1. The lowest BCUT2D eigenvalue weighted by atomic mass is 10.1. The number of nitrogens with one attached hydrogen (secondary N) is 1. The van der Waals surface area contributed by atoms with Crippen LogP contribution in [0.15, 0.2) is 34.7 Å². The summed E-state index contributed by atoms with van der Waals surface area (Å²) in [6.07, 6.45) is 3.97. The van der Waals surface area contributed by atoms with Crippen LogP contribution in [0.4, 0.5) is 0 Å². The Morgan fingerprint density at radius 1 is 1.25 bits per heavy atom. The van der Waals surface area contributed by atoms with Crippen molar-refractivity contribution in [3.63, 3.8) is 0 Å². The zero-order chi connectivity index (χ0) is 14.2. The summed E-state index contributed by atoms with van der Waals surface area (Å²) in [6.45, 7) is 3.06. The molecule has 0 bridgehead atoms. The lowest BCUT2D eigenvalue weighted by Crippen LogP contribution is -2.23. The fraction of sp³-hybridized carbons (Fsp3) is 0.467. The molecule has 0 aliphatic carbocycles. The third kappa shape index (κ3) is 4.08. The lowest BCUT2D eigenvalue weighted by Gasteiger charge is -2.14. The molecule has 1 aromatic heterocycles. The molecule has 1 aromatic carbocycles.